The van der Waals surface area contributed by atoms with Gasteiger partial charge in [-0.05, 0) is 37.3 Å². The number of methoxy groups -OCH3 is 2. The van der Waals surface area contributed by atoms with Gasteiger partial charge in [0.05, 0.1) is 37.7 Å². The Balaban J connectivity index is 2.76. The Morgan fingerprint density at radius 1 is 1.07 bits per heavy atom. The SMILES string of the molecule is CCOc1ccc(C(=O)O)cc1N1C=CC=CC(C(=O)OC)=C1C(=O)OC. The Bertz CT molecular complexity index is 852. The van der Waals surface area contributed by atoms with Gasteiger partial charge in [-0.1, -0.05) is 6.08 Å². The van der Waals surface area contributed by atoms with E-state index in [1.54, 1.807) is 19.1 Å². The molecule has 0 saturated heterocycles. The molecule has 0 amide bonds. The molecule has 1 aliphatic rings. The Kier molecular flexibility index (Phi) is 6.37. The van der Waals surface area contributed by atoms with Crippen molar-refractivity contribution in [1.29, 1.82) is 0 Å². The molecule has 0 fully saturated rings. The van der Waals surface area contributed by atoms with Crippen molar-refractivity contribution >= 4 is 23.6 Å². The summed E-state index contributed by atoms with van der Waals surface area (Å²) in [5.41, 5.74) is 0.0803. The number of benzene rings is 1. The van der Waals surface area contributed by atoms with Crippen LogP contribution < -0.4 is 9.64 Å². The molecule has 1 aromatic carbocycles. The number of esters is 2. The van der Waals surface area contributed by atoms with Crippen molar-refractivity contribution < 1.29 is 33.7 Å². The fourth-order valence-electron chi connectivity index (χ4n) is 2.47. The van der Waals surface area contributed by atoms with Crippen LogP contribution in [0.15, 0.2) is 53.9 Å². The van der Waals surface area contributed by atoms with Crippen LogP contribution in [0, 0.1) is 0 Å². The van der Waals surface area contributed by atoms with Crippen molar-refractivity contribution in [3.63, 3.8) is 0 Å². The average Bonchev–Trinajstić information content (AvgIpc) is 2.90. The van der Waals surface area contributed by atoms with E-state index in [2.05, 4.69) is 0 Å². The first-order valence-electron chi connectivity index (χ1n) is 7.99. The van der Waals surface area contributed by atoms with Gasteiger partial charge in [-0.3, -0.25) is 0 Å². The molecule has 8 nitrogen and oxygen atoms in total. The number of carboxylic acids is 1. The van der Waals surface area contributed by atoms with Gasteiger partial charge in [0.15, 0.2) is 0 Å². The minimum atomic E-state index is -1.15. The molecular formula is C19H19NO7. The van der Waals surface area contributed by atoms with Crippen LogP contribution in [0.1, 0.15) is 17.3 Å². The van der Waals surface area contributed by atoms with Gasteiger partial charge in [0.25, 0.3) is 0 Å². The molecule has 0 bridgehead atoms. The molecule has 0 atom stereocenters. The van der Waals surface area contributed by atoms with Crippen LogP contribution in [0.25, 0.3) is 0 Å². The maximum Gasteiger partial charge on any atom is 0.355 e. The molecule has 0 saturated carbocycles. The zero-order valence-corrected chi connectivity index (χ0v) is 15.1. The molecule has 1 N–H and O–H groups in total. The summed E-state index contributed by atoms with van der Waals surface area (Å²) in [6, 6.07) is 4.22. The number of rotatable bonds is 6. The molecular weight excluding hydrogens is 354 g/mol. The van der Waals surface area contributed by atoms with Gasteiger partial charge in [0.1, 0.15) is 11.4 Å². The molecule has 1 aromatic rings. The van der Waals surface area contributed by atoms with Crippen LogP contribution in [0.2, 0.25) is 0 Å². The van der Waals surface area contributed by atoms with Crippen LogP contribution >= 0.6 is 0 Å². The molecule has 1 heterocycles. The van der Waals surface area contributed by atoms with Crippen LogP contribution in [0.4, 0.5) is 5.69 Å². The van der Waals surface area contributed by atoms with Crippen molar-refractivity contribution in [2.75, 3.05) is 25.7 Å². The van der Waals surface area contributed by atoms with E-state index in [9.17, 15) is 19.5 Å². The van der Waals surface area contributed by atoms with Crippen molar-refractivity contribution in [2.45, 2.75) is 6.92 Å². The van der Waals surface area contributed by atoms with E-state index < -0.39 is 17.9 Å². The number of hydrogen-bond donors (Lipinski definition) is 1. The topological polar surface area (TPSA) is 102 Å². The maximum absolute atomic E-state index is 12.5. The van der Waals surface area contributed by atoms with E-state index in [4.69, 9.17) is 14.2 Å². The number of allylic oxidation sites excluding steroid dienone is 2. The molecule has 0 spiro atoms. The average molecular weight is 373 g/mol. The number of carbonyl (C=O) groups excluding carboxylic acids is 2. The fraction of sp³-hybridized carbons (Fsp3) is 0.211. The molecule has 8 heteroatoms. The quantitative estimate of drug-likeness (QED) is 0.758. The molecule has 0 unspecified atom stereocenters. The lowest BCUT2D eigenvalue weighted by Gasteiger charge is -2.25. The number of aromatic carboxylic acids is 1. The van der Waals surface area contributed by atoms with E-state index in [0.29, 0.717) is 12.4 Å². The normalized spacial score (nSPS) is 13.2. The van der Waals surface area contributed by atoms with E-state index in [0.717, 1.165) is 0 Å². The Morgan fingerprint density at radius 2 is 1.78 bits per heavy atom. The summed E-state index contributed by atoms with van der Waals surface area (Å²) in [5, 5.41) is 9.32. The second kappa shape index (κ2) is 8.70. The summed E-state index contributed by atoms with van der Waals surface area (Å²) in [6.45, 7) is 2.09. The largest absolute Gasteiger partial charge is 0.492 e. The molecule has 0 aliphatic carbocycles. The van der Waals surface area contributed by atoms with Crippen molar-refractivity contribution in [3.05, 3.63) is 59.5 Å². The minimum Gasteiger partial charge on any atom is -0.492 e. The lowest BCUT2D eigenvalue weighted by Crippen LogP contribution is -2.27. The van der Waals surface area contributed by atoms with Crippen LogP contribution in [0.5, 0.6) is 5.75 Å². The van der Waals surface area contributed by atoms with Gasteiger partial charge in [-0.2, -0.15) is 0 Å². The minimum absolute atomic E-state index is 0.0112. The highest BCUT2D eigenvalue weighted by Gasteiger charge is 2.29. The number of nitrogens with zero attached hydrogens (tertiary/aromatic N) is 1. The lowest BCUT2D eigenvalue weighted by atomic mass is 10.1. The molecule has 0 radical (unpaired) electrons. The highest BCUT2D eigenvalue weighted by atomic mass is 16.5. The van der Waals surface area contributed by atoms with Gasteiger partial charge < -0.3 is 24.2 Å². The first-order valence-corrected chi connectivity index (χ1v) is 7.99. The summed E-state index contributed by atoms with van der Waals surface area (Å²) < 4.78 is 15.2. The molecule has 27 heavy (non-hydrogen) atoms. The van der Waals surface area contributed by atoms with Crippen LogP contribution in [-0.4, -0.2) is 43.8 Å². The number of hydrogen-bond acceptors (Lipinski definition) is 7. The zero-order chi connectivity index (χ0) is 20.0. The third-order valence-electron chi connectivity index (χ3n) is 3.65. The van der Waals surface area contributed by atoms with Crippen molar-refractivity contribution in [3.8, 4) is 5.75 Å². The van der Waals surface area contributed by atoms with Gasteiger partial charge >= 0.3 is 17.9 Å². The lowest BCUT2D eigenvalue weighted by molar-refractivity contribution is -0.139. The summed E-state index contributed by atoms with van der Waals surface area (Å²) in [5.74, 6) is -2.35. The van der Waals surface area contributed by atoms with Gasteiger partial charge in [-0.15, -0.1) is 0 Å². The molecule has 0 aromatic heterocycles. The zero-order valence-electron chi connectivity index (χ0n) is 15.1. The standard InChI is InChI=1S/C19H19NO7/c1-4-27-15-9-8-12(17(21)22)11-14(15)20-10-6-5-7-13(18(23)25-2)16(20)19(24)26-3/h5-11H,4H2,1-3H3,(H,21,22). The second-order valence-corrected chi connectivity index (χ2v) is 5.24. The number of anilines is 1. The maximum atomic E-state index is 12.5. The van der Waals surface area contributed by atoms with E-state index >= 15 is 0 Å². The van der Waals surface area contributed by atoms with Gasteiger partial charge in [-0.25, -0.2) is 14.4 Å². The number of ether oxygens (including phenoxy) is 3. The third kappa shape index (κ3) is 4.17. The van der Waals surface area contributed by atoms with E-state index in [1.165, 1.54) is 49.6 Å². The van der Waals surface area contributed by atoms with Crippen LogP contribution in [0.3, 0.4) is 0 Å². The van der Waals surface area contributed by atoms with Crippen molar-refractivity contribution in [2.24, 2.45) is 0 Å². The number of carbonyl (C=O) groups is 3. The Labute approximate surface area is 155 Å². The summed E-state index contributed by atoms with van der Waals surface area (Å²) in [7, 11) is 2.37. The highest BCUT2D eigenvalue weighted by Crippen LogP contribution is 2.35. The van der Waals surface area contributed by atoms with E-state index in [-0.39, 0.29) is 22.5 Å². The third-order valence-corrected chi connectivity index (χ3v) is 3.65. The second-order valence-electron chi connectivity index (χ2n) is 5.24. The molecule has 142 valence electrons. The van der Waals surface area contributed by atoms with Gasteiger partial charge in [0, 0.05) is 6.20 Å². The Hall–Kier alpha value is -3.55. The van der Waals surface area contributed by atoms with E-state index in [1.807, 2.05) is 0 Å². The van der Waals surface area contributed by atoms with Crippen molar-refractivity contribution in [1.82, 2.24) is 0 Å². The highest BCUT2D eigenvalue weighted by molar-refractivity contribution is 6.06. The first-order chi connectivity index (χ1) is 12.9. The predicted octanol–water partition coefficient (Wildman–Crippen LogP) is 2.27. The first kappa shape index (κ1) is 19.8. The predicted molar refractivity (Wildman–Crippen MR) is 96.4 cm³/mol. The monoisotopic (exact) mass is 373 g/mol. The van der Waals surface area contributed by atoms with Gasteiger partial charge in [0.2, 0.25) is 0 Å². The number of carboxylic acid groups (broad SMARTS) is 1. The summed E-state index contributed by atoms with van der Waals surface area (Å²) in [4.78, 5) is 37.4. The summed E-state index contributed by atoms with van der Waals surface area (Å²) in [6.07, 6.45) is 6.05. The smallest absolute Gasteiger partial charge is 0.355 e. The van der Waals surface area contributed by atoms with Crippen LogP contribution in [-0.2, 0) is 19.1 Å². The Morgan fingerprint density at radius 3 is 2.37 bits per heavy atom. The fourth-order valence-corrected chi connectivity index (χ4v) is 2.47. The molecule has 1 aliphatic heterocycles. The summed E-state index contributed by atoms with van der Waals surface area (Å²) >= 11 is 0. The molecule has 2 rings (SSSR count).